The molecule has 0 spiro atoms. The van der Waals surface area contributed by atoms with E-state index < -0.39 is 0 Å². The van der Waals surface area contributed by atoms with Crippen LogP contribution in [0.15, 0.2) is 89.1 Å². The molecule has 0 saturated heterocycles. The highest BCUT2D eigenvalue weighted by molar-refractivity contribution is 7.99. The van der Waals surface area contributed by atoms with E-state index in [-0.39, 0.29) is 17.1 Å². The zero-order valence-corrected chi connectivity index (χ0v) is 22.8. The van der Waals surface area contributed by atoms with Gasteiger partial charge in [-0.25, -0.2) is 5.43 Å². The summed E-state index contributed by atoms with van der Waals surface area (Å²) in [6.07, 6.45) is 1.65. The van der Waals surface area contributed by atoms with Crippen LogP contribution in [0.3, 0.4) is 0 Å². The Morgan fingerprint density at radius 1 is 0.973 bits per heavy atom. The van der Waals surface area contributed by atoms with Crippen LogP contribution in [0.1, 0.15) is 57.2 Å². The van der Waals surface area contributed by atoms with E-state index in [1.807, 2.05) is 47.0 Å². The fourth-order valence-electron chi connectivity index (χ4n) is 3.79. The molecule has 4 rings (SSSR count). The molecular weight excluding hydrogens is 478 g/mol. The molecule has 1 aromatic heterocycles. The van der Waals surface area contributed by atoms with Crippen LogP contribution >= 0.6 is 11.8 Å². The van der Waals surface area contributed by atoms with Gasteiger partial charge in [0.05, 0.1) is 12.0 Å². The van der Waals surface area contributed by atoms with E-state index in [2.05, 4.69) is 91.7 Å². The summed E-state index contributed by atoms with van der Waals surface area (Å²) in [6.45, 7) is 10.9. The molecule has 190 valence electrons. The maximum absolute atomic E-state index is 12.5. The molecule has 0 aliphatic rings. The smallest absolute Gasteiger partial charge is 0.250 e. The highest BCUT2D eigenvalue weighted by Crippen LogP contribution is 2.30. The minimum atomic E-state index is -0.209. The van der Waals surface area contributed by atoms with Gasteiger partial charge in [0.2, 0.25) is 0 Å². The first-order valence-corrected chi connectivity index (χ1v) is 13.4. The van der Waals surface area contributed by atoms with Crippen molar-refractivity contribution in [1.29, 1.82) is 0 Å². The highest BCUT2D eigenvalue weighted by Gasteiger charge is 2.19. The summed E-state index contributed by atoms with van der Waals surface area (Å²) < 4.78 is 1.99. The number of benzene rings is 3. The van der Waals surface area contributed by atoms with Gasteiger partial charge in [0, 0.05) is 11.3 Å². The second-order valence-electron chi connectivity index (χ2n) is 10.2. The molecule has 7 heteroatoms. The van der Waals surface area contributed by atoms with Gasteiger partial charge >= 0.3 is 0 Å². The van der Waals surface area contributed by atoms with Crippen molar-refractivity contribution in [3.05, 3.63) is 95.6 Å². The SMILES string of the molecule is CC(C)c1ccc(/C=N/NC(=O)CSc2nnc(-c3ccc(C(C)(C)C)cc3)n2-c2ccccc2)cc1. The summed E-state index contributed by atoms with van der Waals surface area (Å²) in [4.78, 5) is 12.5. The largest absolute Gasteiger partial charge is 0.272 e. The maximum Gasteiger partial charge on any atom is 0.250 e. The molecule has 0 atom stereocenters. The Morgan fingerprint density at radius 3 is 2.27 bits per heavy atom. The second kappa shape index (κ2) is 11.6. The van der Waals surface area contributed by atoms with E-state index in [9.17, 15) is 4.79 Å². The minimum Gasteiger partial charge on any atom is -0.272 e. The molecule has 4 aromatic rings. The first-order chi connectivity index (χ1) is 17.7. The summed E-state index contributed by atoms with van der Waals surface area (Å²) in [5.74, 6) is 1.16. The molecule has 3 aromatic carbocycles. The van der Waals surface area contributed by atoms with Crippen LogP contribution in [0.5, 0.6) is 0 Å². The number of hydrogen-bond donors (Lipinski definition) is 1. The number of thioether (sulfide) groups is 1. The first kappa shape index (κ1) is 26.4. The standard InChI is InChI=1S/C30H33N5OS/c1-21(2)23-13-11-22(12-14-23)19-31-32-27(36)20-37-29-34-33-28(35(29)26-9-7-6-8-10-26)24-15-17-25(18-16-24)30(3,4)5/h6-19,21H,20H2,1-5H3,(H,32,36)/b31-19+. The molecule has 0 aliphatic heterocycles. The molecule has 0 bridgehead atoms. The Morgan fingerprint density at radius 2 is 1.65 bits per heavy atom. The Hall–Kier alpha value is -3.71. The minimum absolute atomic E-state index is 0.0695. The van der Waals surface area contributed by atoms with E-state index >= 15 is 0 Å². The summed E-state index contributed by atoms with van der Waals surface area (Å²) >= 11 is 1.33. The number of carbonyl (C=O) groups is 1. The van der Waals surface area contributed by atoms with Gasteiger partial charge in [-0.2, -0.15) is 5.10 Å². The van der Waals surface area contributed by atoms with Crippen LogP contribution < -0.4 is 5.43 Å². The predicted molar refractivity (Wildman–Crippen MR) is 152 cm³/mol. The van der Waals surface area contributed by atoms with Crippen molar-refractivity contribution in [1.82, 2.24) is 20.2 Å². The van der Waals surface area contributed by atoms with Crippen LogP contribution in [0.25, 0.3) is 17.1 Å². The third-order valence-corrected chi connectivity index (χ3v) is 6.92. The number of carbonyl (C=O) groups excluding carboxylic acids is 1. The van der Waals surface area contributed by atoms with Crippen LogP contribution in [0.2, 0.25) is 0 Å². The molecule has 0 saturated carbocycles. The Labute approximate surface area is 223 Å². The maximum atomic E-state index is 12.5. The summed E-state index contributed by atoms with van der Waals surface area (Å²) in [6, 6.07) is 26.5. The van der Waals surface area contributed by atoms with Gasteiger partial charge in [0.15, 0.2) is 11.0 Å². The summed E-state index contributed by atoms with van der Waals surface area (Å²) in [7, 11) is 0. The molecule has 1 amide bonds. The highest BCUT2D eigenvalue weighted by atomic mass is 32.2. The molecule has 0 aliphatic carbocycles. The Bertz CT molecular complexity index is 1350. The molecule has 6 nitrogen and oxygen atoms in total. The normalized spacial score (nSPS) is 11.8. The van der Waals surface area contributed by atoms with E-state index in [0.717, 1.165) is 22.6 Å². The Balaban J connectivity index is 1.48. The van der Waals surface area contributed by atoms with E-state index in [0.29, 0.717) is 11.1 Å². The van der Waals surface area contributed by atoms with Crippen molar-refractivity contribution < 1.29 is 4.79 Å². The zero-order valence-electron chi connectivity index (χ0n) is 22.0. The van der Waals surface area contributed by atoms with Crippen molar-refractivity contribution in [3.8, 4) is 17.1 Å². The summed E-state index contributed by atoms with van der Waals surface area (Å²) in [5.41, 5.74) is 8.04. The third kappa shape index (κ3) is 6.74. The van der Waals surface area contributed by atoms with Gasteiger partial charge in [-0.15, -0.1) is 10.2 Å². The van der Waals surface area contributed by atoms with Gasteiger partial charge in [0.25, 0.3) is 5.91 Å². The van der Waals surface area contributed by atoms with Crippen molar-refractivity contribution >= 4 is 23.9 Å². The number of nitrogens with zero attached hydrogens (tertiary/aromatic N) is 4. The molecule has 1 heterocycles. The van der Waals surface area contributed by atoms with Crippen LogP contribution in [0, 0.1) is 0 Å². The van der Waals surface area contributed by atoms with Crippen LogP contribution in [-0.2, 0) is 10.2 Å². The fourth-order valence-corrected chi connectivity index (χ4v) is 4.53. The van der Waals surface area contributed by atoms with Crippen molar-refractivity contribution in [2.45, 2.75) is 51.1 Å². The number of aromatic nitrogens is 3. The van der Waals surface area contributed by atoms with Gasteiger partial charge < -0.3 is 0 Å². The molecule has 0 unspecified atom stereocenters. The molecule has 0 radical (unpaired) electrons. The summed E-state index contributed by atoms with van der Waals surface area (Å²) in [5, 5.41) is 13.7. The fraction of sp³-hybridized carbons (Fsp3) is 0.267. The predicted octanol–water partition coefficient (Wildman–Crippen LogP) is 6.60. The zero-order chi connectivity index (χ0) is 26.4. The number of para-hydroxylation sites is 1. The second-order valence-corrected chi connectivity index (χ2v) is 11.2. The number of amides is 1. The van der Waals surface area contributed by atoms with Crippen molar-refractivity contribution in [3.63, 3.8) is 0 Å². The first-order valence-electron chi connectivity index (χ1n) is 12.4. The lowest BCUT2D eigenvalue weighted by Gasteiger charge is -2.19. The van der Waals surface area contributed by atoms with Gasteiger partial charge in [-0.3, -0.25) is 9.36 Å². The molecular formula is C30H33N5OS. The average Bonchev–Trinajstić information content (AvgIpc) is 3.32. The van der Waals surface area contributed by atoms with Crippen LogP contribution in [0.4, 0.5) is 0 Å². The van der Waals surface area contributed by atoms with Crippen LogP contribution in [-0.4, -0.2) is 32.6 Å². The van der Waals surface area contributed by atoms with E-state index in [4.69, 9.17) is 0 Å². The lowest BCUT2D eigenvalue weighted by atomic mass is 9.87. The number of nitrogens with one attached hydrogen (secondary N) is 1. The number of hydrogen-bond acceptors (Lipinski definition) is 5. The molecule has 0 fully saturated rings. The molecule has 1 N–H and O–H groups in total. The lowest BCUT2D eigenvalue weighted by molar-refractivity contribution is -0.118. The lowest BCUT2D eigenvalue weighted by Crippen LogP contribution is -2.20. The molecule has 37 heavy (non-hydrogen) atoms. The van der Waals surface area contributed by atoms with E-state index in [1.165, 1.54) is 22.9 Å². The number of hydrazone groups is 1. The van der Waals surface area contributed by atoms with E-state index in [1.54, 1.807) is 6.21 Å². The average molecular weight is 512 g/mol. The van der Waals surface area contributed by atoms with Gasteiger partial charge in [-0.1, -0.05) is 113 Å². The van der Waals surface area contributed by atoms with Crippen molar-refractivity contribution in [2.24, 2.45) is 5.10 Å². The number of rotatable bonds is 8. The quantitative estimate of drug-likeness (QED) is 0.164. The third-order valence-electron chi connectivity index (χ3n) is 6.00. The van der Waals surface area contributed by atoms with Crippen molar-refractivity contribution in [2.75, 3.05) is 5.75 Å². The Kier molecular flexibility index (Phi) is 8.24. The topological polar surface area (TPSA) is 72.2 Å². The van der Waals surface area contributed by atoms with Gasteiger partial charge in [0.1, 0.15) is 0 Å². The monoisotopic (exact) mass is 511 g/mol. The van der Waals surface area contributed by atoms with Gasteiger partial charge in [-0.05, 0) is 40.2 Å².